The molecule has 3 aromatic rings. The van der Waals surface area contributed by atoms with Gasteiger partial charge < -0.3 is 10.1 Å². The van der Waals surface area contributed by atoms with Crippen LogP contribution in [0.4, 0.5) is 8.78 Å². The summed E-state index contributed by atoms with van der Waals surface area (Å²) in [6, 6.07) is 11.8. The number of hydrogen-bond acceptors (Lipinski definition) is 4. The molecule has 0 aliphatic carbocycles. The van der Waals surface area contributed by atoms with E-state index < -0.39 is 0 Å². The van der Waals surface area contributed by atoms with E-state index in [-0.39, 0.29) is 17.5 Å². The van der Waals surface area contributed by atoms with Crippen molar-refractivity contribution >= 4 is 17.2 Å². The summed E-state index contributed by atoms with van der Waals surface area (Å²) >= 11 is 1.39. The number of benzene rings is 2. The van der Waals surface area contributed by atoms with Gasteiger partial charge in [-0.15, -0.1) is 11.3 Å². The van der Waals surface area contributed by atoms with Crippen LogP contribution in [0.25, 0.3) is 10.4 Å². The van der Waals surface area contributed by atoms with Crippen molar-refractivity contribution in [1.82, 2.24) is 10.3 Å². The molecule has 0 spiro atoms. The maximum atomic E-state index is 13.1. The lowest BCUT2D eigenvalue weighted by Gasteiger charge is -2.07. The van der Waals surface area contributed by atoms with E-state index in [4.69, 9.17) is 4.74 Å². The standard InChI is InChI=1S/C20H18F2N2O2S/c1-13-24-18(19(27-13)14-3-5-15(21)6-4-14)20(25)23-11-2-12-26-17-9-7-16(22)8-10-17/h3-10H,2,11-12H2,1H3,(H,23,25). The van der Waals surface area contributed by atoms with Crippen molar-refractivity contribution in [3.8, 4) is 16.2 Å². The van der Waals surface area contributed by atoms with Crippen molar-refractivity contribution in [3.63, 3.8) is 0 Å². The van der Waals surface area contributed by atoms with Gasteiger partial charge in [-0.05, 0) is 55.3 Å². The zero-order valence-electron chi connectivity index (χ0n) is 14.7. The lowest BCUT2D eigenvalue weighted by molar-refractivity contribution is 0.0947. The number of rotatable bonds is 7. The summed E-state index contributed by atoms with van der Waals surface area (Å²) in [5.74, 6) is -0.339. The Bertz CT molecular complexity index is 909. The van der Waals surface area contributed by atoms with Crippen LogP contribution in [-0.4, -0.2) is 24.0 Å². The molecule has 4 nitrogen and oxygen atoms in total. The first-order chi connectivity index (χ1) is 13.0. The molecule has 27 heavy (non-hydrogen) atoms. The van der Waals surface area contributed by atoms with Gasteiger partial charge in [-0.3, -0.25) is 4.79 Å². The number of aromatic nitrogens is 1. The summed E-state index contributed by atoms with van der Waals surface area (Å²) in [4.78, 5) is 17.5. The highest BCUT2D eigenvalue weighted by molar-refractivity contribution is 7.15. The van der Waals surface area contributed by atoms with Gasteiger partial charge in [0.15, 0.2) is 0 Å². The molecule has 1 heterocycles. The Hall–Kier alpha value is -2.80. The molecule has 0 saturated heterocycles. The van der Waals surface area contributed by atoms with E-state index in [1.54, 1.807) is 24.3 Å². The molecule has 0 aliphatic heterocycles. The number of thiazole rings is 1. The molecule has 140 valence electrons. The molecule has 1 N–H and O–H groups in total. The van der Waals surface area contributed by atoms with Gasteiger partial charge in [0.1, 0.15) is 23.1 Å². The molecule has 0 saturated carbocycles. The Morgan fingerprint density at radius 1 is 1.07 bits per heavy atom. The number of amides is 1. The third-order valence-corrected chi connectivity index (χ3v) is 4.76. The van der Waals surface area contributed by atoms with Crippen molar-refractivity contribution in [2.45, 2.75) is 13.3 Å². The minimum Gasteiger partial charge on any atom is -0.494 e. The van der Waals surface area contributed by atoms with Crippen LogP contribution in [-0.2, 0) is 0 Å². The number of carbonyl (C=O) groups excluding carboxylic acids is 1. The number of nitrogens with one attached hydrogen (secondary N) is 1. The summed E-state index contributed by atoms with van der Waals surface area (Å²) in [6.45, 7) is 2.64. The van der Waals surface area contributed by atoms with Gasteiger partial charge in [0.05, 0.1) is 16.5 Å². The summed E-state index contributed by atoms with van der Waals surface area (Å²) < 4.78 is 31.4. The molecule has 1 aromatic heterocycles. The number of halogens is 2. The van der Waals surface area contributed by atoms with E-state index >= 15 is 0 Å². The highest BCUT2D eigenvalue weighted by Crippen LogP contribution is 2.30. The lowest BCUT2D eigenvalue weighted by atomic mass is 10.1. The first-order valence-corrected chi connectivity index (χ1v) is 9.24. The minimum atomic E-state index is -0.327. The van der Waals surface area contributed by atoms with E-state index in [0.717, 1.165) is 10.6 Å². The van der Waals surface area contributed by atoms with E-state index in [1.165, 1.54) is 35.6 Å². The number of hydrogen-bond donors (Lipinski definition) is 1. The fourth-order valence-corrected chi connectivity index (χ4v) is 3.38. The average molecular weight is 388 g/mol. The normalized spacial score (nSPS) is 10.6. The Morgan fingerprint density at radius 3 is 2.37 bits per heavy atom. The van der Waals surface area contributed by atoms with Crippen molar-refractivity contribution in [1.29, 1.82) is 0 Å². The number of carbonyl (C=O) groups is 1. The molecule has 0 atom stereocenters. The number of aryl methyl sites for hydroxylation is 1. The summed E-state index contributed by atoms with van der Waals surface area (Å²) in [5, 5.41) is 3.58. The van der Waals surface area contributed by atoms with Gasteiger partial charge in [-0.2, -0.15) is 0 Å². The first kappa shape index (κ1) is 19.0. The monoisotopic (exact) mass is 388 g/mol. The molecule has 7 heteroatoms. The molecule has 2 aromatic carbocycles. The third kappa shape index (κ3) is 5.10. The molecular weight excluding hydrogens is 370 g/mol. The second kappa shape index (κ2) is 8.73. The predicted octanol–water partition coefficient (Wildman–Crippen LogP) is 4.60. The van der Waals surface area contributed by atoms with Gasteiger partial charge >= 0.3 is 0 Å². The highest BCUT2D eigenvalue weighted by Gasteiger charge is 2.18. The summed E-state index contributed by atoms with van der Waals surface area (Å²) in [6.07, 6.45) is 0.595. The van der Waals surface area contributed by atoms with E-state index in [2.05, 4.69) is 10.3 Å². The van der Waals surface area contributed by atoms with Crippen LogP contribution in [0.3, 0.4) is 0 Å². The van der Waals surface area contributed by atoms with Crippen LogP contribution >= 0.6 is 11.3 Å². The molecule has 0 bridgehead atoms. The Morgan fingerprint density at radius 2 is 1.70 bits per heavy atom. The lowest BCUT2D eigenvalue weighted by Crippen LogP contribution is -2.26. The van der Waals surface area contributed by atoms with Crippen molar-refractivity contribution < 1.29 is 18.3 Å². The number of ether oxygens (including phenoxy) is 1. The third-order valence-electron chi connectivity index (χ3n) is 3.74. The SMILES string of the molecule is Cc1nc(C(=O)NCCCOc2ccc(F)cc2)c(-c2ccc(F)cc2)s1. The topological polar surface area (TPSA) is 51.2 Å². The second-order valence-corrected chi connectivity index (χ2v) is 7.03. The zero-order chi connectivity index (χ0) is 19.2. The van der Waals surface area contributed by atoms with Gasteiger partial charge in [0.2, 0.25) is 0 Å². The maximum Gasteiger partial charge on any atom is 0.271 e. The van der Waals surface area contributed by atoms with Crippen LogP contribution in [0, 0.1) is 18.6 Å². The van der Waals surface area contributed by atoms with E-state index in [0.29, 0.717) is 35.9 Å². The molecule has 0 fully saturated rings. The molecule has 0 aliphatic rings. The fourth-order valence-electron chi connectivity index (χ4n) is 2.46. The molecule has 3 rings (SSSR count). The van der Waals surface area contributed by atoms with E-state index in [1.807, 2.05) is 6.92 Å². The first-order valence-electron chi connectivity index (χ1n) is 8.43. The van der Waals surface area contributed by atoms with Gasteiger partial charge in [-0.25, -0.2) is 13.8 Å². The van der Waals surface area contributed by atoms with Crippen LogP contribution < -0.4 is 10.1 Å². The van der Waals surface area contributed by atoms with Crippen LogP contribution in [0.2, 0.25) is 0 Å². The molecule has 0 unspecified atom stereocenters. The summed E-state index contributed by atoms with van der Waals surface area (Å²) in [7, 11) is 0. The smallest absolute Gasteiger partial charge is 0.271 e. The highest BCUT2D eigenvalue weighted by atomic mass is 32.1. The van der Waals surface area contributed by atoms with E-state index in [9.17, 15) is 13.6 Å². The summed E-state index contributed by atoms with van der Waals surface area (Å²) in [5.41, 5.74) is 1.09. The van der Waals surface area contributed by atoms with Crippen LogP contribution in [0.5, 0.6) is 5.75 Å². The Labute approximate surface area is 159 Å². The predicted molar refractivity (Wildman–Crippen MR) is 101 cm³/mol. The maximum absolute atomic E-state index is 13.1. The van der Waals surface area contributed by atoms with Crippen LogP contribution in [0.15, 0.2) is 48.5 Å². The Kier molecular flexibility index (Phi) is 6.13. The van der Waals surface area contributed by atoms with Crippen molar-refractivity contribution in [2.24, 2.45) is 0 Å². The van der Waals surface area contributed by atoms with Gasteiger partial charge in [0, 0.05) is 6.54 Å². The van der Waals surface area contributed by atoms with Crippen molar-refractivity contribution in [2.75, 3.05) is 13.2 Å². The van der Waals surface area contributed by atoms with Crippen LogP contribution in [0.1, 0.15) is 21.9 Å². The minimum absolute atomic E-state index is 0.277. The van der Waals surface area contributed by atoms with Crippen molar-refractivity contribution in [3.05, 3.63) is 70.9 Å². The fraction of sp³-hybridized carbons (Fsp3) is 0.200. The Balaban J connectivity index is 1.54. The second-order valence-electron chi connectivity index (χ2n) is 5.83. The largest absolute Gasteiger partial charge is 0.494 e. The molecular formula is C20H18F2N2O2S. The average Bonchev–Trinajstić information content (AvgIpc) is 3.05. The zero-order valence-corrected chi connectivity index (χ0v) is 15.5. The molecule has 0 radical (unpaired) electrons. The molecule has 1 amide bonds. The quantitative estimate of drug-likeness (QED) is 0.602. The van der Waals surface area contributed by atoms with Gasteiger partial charge in [0.25, 0.3) is 5.91 Å². The van der Waals surface area contributed by atoms with Gasteiger partial charge in [-0.1, -0.05) is 12.1 Å². The number of nitrogens with zero attached hydrogens (tertiary/aromatic N) is 1.